The fraction of sp³-hybridized carbons (Fsp3) is 0.682. The predicted octanol–water partition coefficient (Wildman–Crippen LogP) is 3.32. The van der Waals surface area contributed by atoms with Crippen LogP contribution in [0.1, 0.15) is 49.1 Å². The number of hydrogen-bond acceptors (Lipinski definition) is 2. The lowest BCUT2D eigenvalue weighted by Crippen LogP contribution is -2.56. The molecule has 1 spiro atoms. The van der Waals surface area contributed by atoms with Crippen molar-refractivity contribution in [3.05, 3.63) is 35.4 Å². The Kier molecular flexibility index (Phi) is 3.27. The smallest absolute Gasteiger partial charge is 0.317 e. The summed E-state index contributed by atoms with van der Waals surface area (Å²) in [6, 6.07) is 9.75. The zero-order valence-electron chi connectivity index (χ0n) is 15.3. The molecule has 4 nitrogen and oxygen atoms in total. The van der Waals surface area contributed by atoms with Gasteiger partial charge in [0.2, 0.25) is 0 Å². The third kappa shape index (κ3) is 2.02. The highest BCUT2D eigenvalue weighted by Gasteiger charge is 2.59. The van der Waals surface area contributed by atoms with E-state index in [1.54, 1.807) is 0 Å². The second-order valence-corrected chi connectivity index (χ2v) is 9.35. The number of carbonyl (C=O) groups is 1. The lowest BCUT2D eigenvalue weighted by atomic mass is 9.60. The molecule has 2 saturated carbocycles. The van der Waals surface area contributed by atoms with E-state index in [0.717, 1.165) is 32.6 Å². The highest BCUT2D eigenvalue weighted by molar-refractivity contribution is 5.76. The molecule has 6 rings (SSSR count). The molecule has 2 aliphatic heterocycles. The second kappa shape index (κ2) is 5.48. The first-order chi connectivity index (χ1) is 12.8. The van der Waals surface area contributed by atoms with Crippen molar-refractivity contribution in [2.45, 2.75) is 56.5 Å². The summed E-state index contributed by atoms with van der Waals surface area (Å²) in [5, 5.41) is 3.42. The van der Waals surface area contributed by atoms with Gasteiger partial charge in [-0.25, -0.2) is 4.79 Å². The monoisotopic (exact) mass is 352 g/mol. The summed E-state index contributed by atoms with van der Waals surface area (Å²) in [5.74, 6) is 1.87. The first kappa shape index (κ1) is 15.5. The molecule has 2 amide bonds. The molecule has 3 unspecified atom stereocenters. The Morgan fingerprint density at radius 3 is 2.96 bits per heavy atom. The molecule has 1 N–H and O–H groups in total. The van der Waals surface area contributed by atoms with E-state index in [-0.39, 0.29) is 6.03 Å². The summed E-state index contributed by atoms with van der Waals surface area (Å²) in [7, 11) is 0. The van der Waals surface area contributed by atoms with Crippen LogP contribution in [0.4, 0.5) is 4.79 Å². The number of fused-ring (bicyclic) bond motifs is 5. The molecule has 5 aliphatic rings. The van der Waals surface area contributed by atoms with Crippen molar-refractivity contribution in [3.8, 4) is 0 Å². The van der Waals surface area contributed by atoms with Gasteiger partial charge in [-0.15, -0.1) is 0 Å². The van der Waals surface area contributed by atoms with Gasteiger partial charge in [0, 0.05) is 18.5 Å². The van der Waals surface area contributed by atoms with E-state index < -0.39 is 0 Å². The fourth-order valence-electron chi connectivity index (χ4n) is 6.71. The number of likely N-dealkylation sites (tertiary alicyclic amines) is 1. The molecule has 4 heteroatoms. The summed E-state index contributed by atoms with van der Waals surface area (Å²) < 4.78 is 5.77. The molecule has 5 atom stereocenters. The van der Waals surface area contributed by atoms with Crippen molar-refractivity contribution in [2.24, 2.45) is 17.3 Å². The Balaban J connectivity index is 1.15. The Morgan fingerprint density at radius 1 is 1.23 bits per heavy atom. The average molecular weight is 352 g/mol. The molecule has 0 radical (unpaired) electrons. The van der Waals surface area contributed by atoms with Gasteiger partial charge in [0.15, 0.2) is 0 Å². The maximum absolute atomic E-state index is 13.1. The lowest BCUT2D eigenvalue weighted by molar-refractivity contribution is 0.0545. The number of amides is 2. The van der Waals surface area contributed by atoms with E-state index >= 15 is 0 Å². The highest BCUT2D eigenvalue weighted by Crippen LogP contribution is 2.56. The van der Waals surface area contributed by atoms with Crippen molar-refractivity contribution in [1.82, 2.24) is 10.2 Å². The minimum atomic E-state index is 0.177. The van der Waals surface area contributed by atoms with Crippen LogP contribution in [0.5, 0.6) is 0 Å². The number of rotatable bonds is 1. The summed E-state index contributed by atoms with van der Waals surface area (Å²) >= 11 is 0. The highest BCUT2D eigenvalue weighted by atomic mass is 16.5. The molecule has 1 aromatic rings. The van der Waals surface area contributed by atoms with Gasteiger partial charge in [-0.3, -0.25) is 0 Å². The van der Waals surface area contributed by atoms with Gasteiger partial charge in [0.1, 0.15) is 0 Å². The molecule has 0 bridgehead atoms. The van der Waals surface area contributed by atoms with Gasteiger partial charge < -0.3 is 15.0 Å². The second-order valence-electron chi connectivity index (χ2n) is 9.35. The van der Waals surface area contributed by atoms with Gasteiger partial charge in [-0.05, 0) is 60.5 Å². The number of hydrogen-bond donors (Lipinski definition) is 1. The maximum Gasteiger partial charge on any atom is 0.317 e. The largest absolute Gasteiger partial charge is 0.379 e. The van der Waals surface area contributed by atoms with Gasteiger partial charge in [0.25, 0.3) is 0 Å². The van der Waals surface area contributed by atoms with Crippen molar-refractivity contribution in [2.75, 3.05) is 19.8 Å². The van der Waals surface area contributed by atoms with Crippen LogP contribution in [-0.2, 0) is 11.2 Å². The minimum Gasteiger partial charge on any atom is -0.379 e. The number of carbonyl (C=O) groups excluding carboxylic acids is 1. The van der Waals surface area contributed by atoms with E-state index in [2.05, 4.69) is 34.5 Å². The standard InChI is InChI=1S/C22H28N2O2/c25-21(24-13-22(8-3-9-22)18-11-26-12-20(18)24)23-19-10-17-15-5-2-1-4-14(15)6-7-16(17)19/h1-2,4-5,16-20H,3,6-13H2,(H,23,25)/t16?,17?,18-,19?,20+/m1/s1. The van der Waals surface area contributed by atoms with E-state index in [4.69, 9.17) is 4.74 Å². The van der Waals surface area contributed by atoms with Crippen LogP contribution < -0.4 is 5.32 Å². The lowest BCUT2D eigenvalue weighted by Gasteiger charge is -2.49. The molecule has 0 aromatic heterocycles. The number of urea groups is 1. The number of nitrogens with zero attached hydrogens (tertiary/aromatic N) is 1. The van der Waals surface area contributed by atoms with Crippen LogP contribution in [0, 0.1) is 17.3 Å². The van der Waals surface area contributed by atoms with Crippen molar-refractivity contribution >= 4 is 6.03 Å². The zero-order valence-corrected chi connectivity index (χ0v) is 15.3. The van der Waals surface area contributed by atoms with E-state index in [1.165, 1.54) is 36.8 Å². The number of ether oxygens (including phenoxy) is 1. The van der Waals surface area contributed by atoms with E-state index in [9.17, 15) is 4.79 Å². The molecular weight excluding hydrogens is 324 g/mol. The normalized spacial score (nSPS) is 38.8. The van der Waals surface area contributed by atoms with Crippen LogP contribution in [0.15, 0.2) is 24.3 Å². The number of benzene rings is 1. The molecule has 4 fully saturated rings. The third-order valence-electron chi connectivity index (χ3n) is 8.38. The SMILES string of the molecule is O=C(NC1CC2c3ccccc3CCC12)N1CC2(CCC2)[C@@H]2COC[C@@H]21. The third-order valence-corrected chi connectivity index (χ3v) is 8.38. The molecule has 2 saturated heterocycles. The van der Waals surface area contributed by atoms with Gasteiger partial charge in [-0.1, -0.05) is 30.7 Å². The van der Waals surface area contributed by atoms with Crippen LogP contribution >= 0.6 is 0 Å². The number of aryl methyl sites for hydroxylation is 1. The van der Waals surface area contributed by atoms with Crippen LogP contribution in [0.3, 0.4) is 0 Å². The van der Waals surface area contributed by atoms with Gasteiger partial charge >= 0.3 is 6.03 Å². The fourth-order valence-corrected chi connectivity index (χ4v) is 6.71. The number of nitrogens with one attached hydrogen (secondary N) is 1. The Morgan fingerprint density at radius 2 is 2.12 bits per heavy atom. The predicted molar refractivity (Wildman–Crippen MR) is 99.0 cm³/mol. The average Bonchev–Trinajstić information content (AvgIpc) is 3.19. The molecule has 26 heavy (non-hydrogen) atoms. The summed E-state index contributed by atoms with van der Waals surface area (Å²) in [6.45, 7) is 2.56. The quantitative estimate of drug-likeness (QED) is 0.842. The van der Waals surface area contributed by atoms with Crippen molar-refractivity contribution in [1.29, 1.82) is 0 Å². The molecule has 138 valence electrons. The van der Waals surface area contributed by atoms with Crippen molar-refractivity contribution in [3.63, 3.8) is 0 Å². The molecule has 3 aliphatic carbocycles. The Hall–Kier alpha value is -1.55. The van der Waals surface area contributed by atoms with Crippen LogP contribution in [-0.4, -0.2) is 42.8 Å². The van der Waals surface area contributed by atoms with E-state index in [0.29, 0.717) is 35.3 Å². The van der Waals surface area contributed by atoms with Gasteiger partial charge in [0.05, 0.1) is 19.3 Å². The van der Waals surface area contributed by atoms with Crippen LogP contribution in [0.2, 0.25) is 0 Å². The first-order valence-electron chi connectivity index (χ1n) is 10.5. The minimum absolute atomic E-state index is 0.177. The molecular formula is C22H28N2O2. The summed E-state index contributed by atoms with van der Waals surface area (Å²) in [6.07, 6.45) is 7.38. The molecule has 1 aromatic carbocycles. The summed E-state index contributed by atoms with van der Waals surface area (Å²) in [4.78, 5) is 15.2. The molecule has 2 heterocycles. The van der Waals surface area contributed by atoms with E-state index in [1.807, 2.05) is 0 Å². The Bertz CT molecular complexity index is 743. The first-order valence-corrected chi connectivity index (χ1v) is 10.5. The zero-order chi connectivity index (χ0) is 17.3. The maximum atomic E-state index is 13.1. The topological polar surface area (TPSA) is 41.6 Å². The van der Waals surface area contributed by atoms with Crippen molar-refractivity contribution < 1.29 is 9.53 Å². The Labute approximate surface area is 155 Å². The summed E-state index contributed by atoms with van der Waals surface area (Å²) in [5.41, 5.74) is 3.44. The van der Waals surface area contributed by atoms with Crippen LogP contribution in [0.25, 0.3) is 0 Å². The van der Waals surface area contributed by atoms with Gasteiger partial charge in [-0.2, -0.15) is 0 Å².